The number of hydrazone groups is 1. The molecular formula is C15H11FN4. The number of hydrogen-bond donors (Lipinski definition) is 1. The van der Waals surface area contributed by atoms with Crippen LogP contribution in [-0.4, -0.2) is 16.2 Å². The number of hydrogen-bond acceptors (Lipinski definition) is 4. The molecule has 0 aliphatic carbocycles. The van der Waals surface area contributed by atoms with Gasteiger partial charge in [-0.1, -0.05) is 12.1 Å². The van der Waals surface area contributed by atoms with Crippen LogP contribution in [-0.2, 0) is 0 Å². The van der Waals surface area contributed by atoms with Crippen molar-refractivity contribution in [3.05, 3.63) is 66.2 Å². The van der Waals surface area contributed by atoms with Gasteiger partial charge >= 0.3 is 0 Å². The molecule has 0 aliphatic heterocycles. The lowest BCUT2D eigenvalue weighted by molar-refractivity contribution is 0.628. The van der Waals surface area contributed by atoms with Crippen LogP contribution in [0.3, 0.4) is 0 Å². The molecule has 0 saturated heterocycles. The topological polar surface area (TPSA) is 50.2 Å². The summed E-state index contributed by atoms with van der Waals surface area (Å²) < 4.78 is 12.7. The summed E-state index contributed by atoms with van der Waals surface area (Å²) in [6.07, 6.45) is 3.22. The summed E-state index contributed by atoms with van der Waals surface area (Å²) in [5.41, 5.74) is 5.82. The maximum atomic E-state index is 12.7. The fourth-order valence-electron chi connectivity index (χ4n) is 1.73. The van der Waals surface area contributed by atoms with Crippen LogP contribution >= 0.6 is 0 Å². The molecule has 0 atom stereocenters. The standard InChI is InChI=1S/C15H11FN4/c16-11-5-7-12(8-6-11)20-18-10-13-9-17-14-3-1-2-4-15(14)19-13/h1-10,20H/b18-10-. The quantitative estimate of drug-likeness (QED) is 0.585. The van der Waals surface area contributed by atoms with E-state index >= 15 is 0 Å². The van der Waals surface area contributed by atoms with Crippen LogP contribution < -0.4 is 5.43 Å². The van der Waals surface area contributed by atoms with Gasteiger partial charge in [0, 0.05) is 0 Å². The average Bonchev–Trinajstić information content (AvgIpc) is 2.49. The number of para-hydroxylation sites is 2. The lowest BCUT2D eigenvalue weighted by Gasteiger charge is -2.00. The van der Waals surface area contributed by atoms with Crippen LogP contribution in [0.1, 0.15) is 5.69 Å². The third-order valence-corrected chi connectivity index (χ3v) is 2.70. The van der Waals surface area contributed by atoms with Crippen molar-refractivity contribution in [2.45, 2.75) is 0 Å². The van der Waals surface area contributed by atoms with Gasteiger partial charge < -0.3 is 0 Å². The molecule has 4 nitrogen and oxygen atoms in total. The highest BCUT2D eigenvalue weighted by Crippen LogP contribution is 2.09. The Morgan fingerprint density at radius 2 is 1.75 bits per heavy atom. The number of aromatic nitrogens is 2. The molecule has 0 bridgehead atoms. The summed E-state index contributed by atoms with van der Waals surface area (Å²) in [4.78, 5) is 8.70. The van der Waals surface area contributed by atoms with E-state index in [4.69, 9.17) is 0 Å². The Morgan fingerprint density at radius 3 is 2.55 bits per heavy atom. The van der Waals surface area contributed by atoms with E-state index in [2.05, 4.69) is 20.5 Å². The lowest BCUT2D eigenvalue weighted by atomic mass is 10.3. The molecule has 1 aromatic heterocycles. The number of halogens is 1. The normalized spacial score (nSPS) is 11.1. The van der Waals surface area contributed by atoms with Crippen molar-refractivity contribution in [3.63, 3.8) is 0 Å². The molecule has 20 heavy (non-hydrogen) atoms. The second kappa shape index (κ2) is 5.44. The Morgan fingerprint density at radius 1 is 1.00 bits per heavy atom. The number of anilines is 1. The molecule has 2 aromatic carbocycles. The smallest absolute Gasteiger partial charge is 0.123 e. The number of fused-ring (bicyclic) bond motifs is 1. The zero-order valence-corrected chi connectivity index (χ0v) is 10.5. The Balaban J connectivity index is 1.75. The SMILES string of the molecule is Fc1ccc(N/N=C\c2cnc3ccccc3n2)cc1. The maximum Gasteiger partial charge on any atom is 0.123 e. The number of nitrogens with one attached hydrogen (secondary N) is 1. The fourth-order valence-corrected chi connectivity index (χ4v) is 1.73. The second-order valence-corrected chi connectivity index (χ2v) is 4.16. The van der Waals surface area contributed by atoms with Crippen LogP contribution in [0.2, 0.25) is 0 Å². The predicted molar refractivity (Wildman–Crippen MR) is 77.2 cm³/mol. The zero-order chi connectivity index (χ0) is 13.8. The van der Waals surface area contributed by atoms with Gasteiger partial charge in [0.1, 0.15) is 11.5 Å². The lowest BCUT2D eigenvalue weighted by Crippen LogP contribution is -1.94. The molecule has 1 N–H and O–H groups in total. The Hall–Kier alpha value is -2.82. The van der Waals surface area contributed by atoms with Gasteiger partial charge in [-0.15, -0.1) is 0 Å². The maximum absolute atomic E-state index is 12.7. The van der Waals surface area contributed by atoms with Crippen molar-refractivity contribution in [2.24, 2.45) is 5.10 Å². The van der Waals surface area contributed by atoms with E-state index in [9.17, 15) is 4.39 Å². The first kappa shape index (κ1) is 12.2. The molecule has 0 fully saturated rings. The minimum atomic E-state index is -0.278. The van der Waals surface area contributed by atoms with Gasteiger partial charge in [-0.3, -0.25) is 10.4 Å². The number of rotatable bonds is 3. The molecule has 98 valence electrons. The third-order valence-electron chi connectivity index (χ3n) is 2.70. The Kier molecular flexibility index (Phi) is 3.33. The summed E-state index contributed by atoms with van der Waals surface area (Å²) in [5.74, 6) is -0.278. The predicted octanol–water partition coefficient (Wildman–Crippen LogP) is 3.21. The molecule has 1 heterocycles. The molecule has 0 unspecified atom stereocenters. The van der Waals surface area contributed by atoms with E-state index in [-0.39, 0.29) is 5.82 Å². The van der Waals surface area contributed by atoms with Gasteiger partial charge in [0.05, 0.1) is 29.1 Å². The number of nitrogens with zero attached hydrogens (tertiary/aromatic N) is 3. The van der Waals surface area contributed by atoms with Crippen molar-refractivity contribution in [1.82, 2.24) is 9.97 Å². The van der Waals surface area contributed by atoms with Gasteiger partial charge in [-0.2, -0.15) is 5.10 Å². The van der Waals surface area contributed by atoms with Gasteiger partial charge in [-0.25, -0.2) is 9.37 Å². The van der Waals surface area contributed by atoms with Crippen LogP contribution in [0.4, 0.5) is 10.1 Å². The highest BCUT2D eigenvalue weighted by atomic mass is 19.1. The molecule has 3 rings (SSSR count). The molecule has 0 aliphatic rings. The van der Waals surface area contributed by atoms with E-state index in [1.165, 1.54) is 12.1 Å². The second-order valence-electron chi connectivity index (χ2n) is 4.16. The van der Waals surface area contributed by atoms with Crippen molar-refractivity contribution < 1.29 is 4.39 Å². The van der Waals surface area contributed by atoms with Crippen molar-refractivity contribution in [3.8, 4) is 0 Å². The zero-order valence-electron chi connectivity index (χ0n) is 10.5. The fraction of sp³-hybridized carbons (Fsp3) is 0. The highest BCUT2D eigenvalue weighted by molar-refractivity contribution is 5.82. The van der Waals surface area contributed by atoms with E-state index in [1.807, 2.05) is 24.3 Å². The Labute approximate surface area is 115 Å². The monoisotopic (exact) mass is 266 g/mol. The van der Waals surface area contributed by atoms with E-state index in [0.29, 0.717) is 11.4 Å². The molecular weight excluding hydrogens is 255 g/mol. The van der Waals surface area contributed by atoms with Gasteiger partial charge in [0.25, 0.3) is 0 Å². The highest BCUT2D eigenvalue weighted by Gasteiger charge is 1.96. The first-order valence-electron chi connectivity index (χ1n) is 6.08. The molecule has 0 radical (unpaired) electrons. The third kappa shape index (κ3) is 2.77. The first-order valence-corrected chi connectivity index (χ1v) is 6.08. The van der Waals surface area contributed by atoms with Gasteiger partial charge in [0.2, 0.25) is 0 Å². The largest absolute Gasteiger partial charge is 0.278 e. The summed E-state index contributed by atoms with van der Waals surface area (Å²) in [6, 6.07) is 13.6. The van der Waals surface area contributed by atoms with Crippen LogP contribution in [0.5, 0.6) is 0 Å². The van der Waals surface area contributed by atoms with E-state index < -0.39 is 0 Å². The Bertz CT molecular complexity index is 753. The summed E-state index contributed by atoms with van der Waals surface area (Å²) in [7, 11) is 0. The van der Waals surface area contributed by atoms with Crippen molar-refractivity contribution >= 4 is 22.9 Å². The van der Waals surface area contributed by atoms with Crippen molar-refractivity contribution in [2.75, 3.05) is 5.43 Å². The molecule has 0 spiro atoms. The van der Waals surface area contributed by atoms with E-state index in [0.717, 1.165) is 11.0 Å². The first-order chi connectivity index (χ1) is 9.81. The summed E-state index contributed by atoms with van der Waals surface area (Å²) in [6.45, 7) is 0. The molecule has 0 amide bonds. The minimum Gasteiger partial charge on any atom is -0.278 e. The molecule has 5 heteroatoms. The number of benzene rings is 2. The van der Waals surface area contributed by atoms with Gasteiger partial charge in [0.15, 0.2) is 0 Å². The minimum absolute atomic E-state index is 0.278. The average molecular weight is 266 g/mol. The summed E-state index contributed by atoms with van der Waals surface area (Å²) >= 11 is 0. The summed E-state index contributed by atoms with van der Waals surface area (Å²) in [5, 5.41) is 4.05. The van der Waals surface area contributed by atoms with Crippen LogP contribution in [0, 0.1) is 5.82 Å². The molecule has 0 saturated carbocycles. The van der Waals surface area contributed by atoms with Crippen molar-refractivity contribution in [1.29, 1.82) is 0 Å². The van der Waals surface area contributed by atoms with E-state index in [1.54, 1.807) is 24.5 Å². The van der Waals surface area contributed by atoms with Crippen LogP contribution in [0.15, 0.2) is 59.8 Å². The van der Waals surface area contributed by atoms with Gasteiger partial charge in [-0.05, 0) is 36.4 Å². The van der Waals surface area contributed by atoms with Crippen LogP contribution in [0.25, 0.3) is 11.0 Å². The molecule has 3 aromatic rings.